The van der Waals surface area contributed by atoms with Crippen LogP contribution in [-0.4, -0.2) is 49.3 Å². The molecule has 3 nitrogen and oxygen atoms in total. The van der Waals surface area contributed by atoms with E-state index in [-0.39, 0.29) is 0 Å². The first-order valence-electron chi connectivity index (χ1n) is 7.43. The Kier molecular flexibility index (Phi) is 3.69. The topological polar surface area (TPSA) is 24.5 Å². The average Bonchev–Trinajstić information content (AvgIpc) is 2.81. The lowest BCUT2D eigenvalue weighted by atomic mass is 9.92. The first-order chi connectivity index (χ1) is 8.34. The van der Waals surface area contributed by atoms with Crippen molar-refractivity contribution < 1.29 is 4.74 Å². The van der Waals surface area contributed by atoms with Crippen LogP contribution in [-0.2, 0) is 4.74 Å². The Morgan fingerprint density at radius 3 is 3.06 bits per heavy atom. The summed E-state index contributed by atoms with van der Waals surface area (Å²) in [6, 6.07) is 1.43. The zero-order valence-corrected chi connectivity index (χ0v) is 11.0. The molecule has 4 unspecified atom stereocenters. The molecule has 4 atom stereocenters. The smallest absolute Gasteiger partial charge is 0.0730 e. The van der Waals surface area contributed by atoms with Crippen LogP contribution >= 0.6 is 0 Å². The third-order valence-electron chi connectivity index (χ3n) is 4.96. The van der Waals surface area contributed by atoms with E-state index in [4.69, 9.17) is 4.74 Å². The average molecular weight is 238 g/mol. The molecule has 3 aliphatic rings. The molecule has 1 aliphatic carbocycles. The number of nitrogens with one attached hydrogen (secondary N) is 1. The molecule has 0 radical (unpaired) electrons. The van der Waals surface area contributed by atoms with Gasteiger partial charge in [-0.3, -0.25) is 4.90 Å². The molecule has 0 amide bonds. The number of fused-ring (bicyclic) bond motifs is 1. The maximum absolute atomic E-state index is 5.89. The molecule has 17 heavy (non-hydrogen) atoms. The summed E-state index contributed by atoms with van der Waals surface area (Å²) in [5, 5.41) is 3.71. The standard InChI is InChI=1S/C14H26N2O/c1-11-4-3-7-15-12(11)10-16-8-9-17-14-6-2-5-13(14)16/h11-15H,2-10H2,1H3. The van der Waals surface area contributed by atoms with Crippen molar-refractivity contribution in [2.24, 2.45) is 5.92 Å². The summed E-state index contributed by atoms with van der Waals surface area (Å²) in [7, 11) is 0. The first kappa shape index (κ1) is 11.9. The van der Waals surface area contributed by atoms with E-state index in [9.17, 15) is 0 Å². The number of nitrogens with zero attached hydrogens (tertiary/aromatic N) is 1. The summed E-state index contributed by atoms with van der Waals surface area (Å²) >= 11 is 0. The third kappa shape index (κ3) is 2.51. The second-order valence-corrected chi connectivity index (χ2v) is 6.08. The maximum Gasteiger partial charge on any atom is 0.0730 e. The molecule has 1 saturated carbocycles. The van der Waals surface area contributed by atoms with Crippen LogP contribution in [0.5, 0.6) is 0 Å². The van der Waals surface area contributed by atoms with Gasteiger partial charge in [0.2, 0.25) is 0 Å². The monoisotopic (exact) mass is 238 g/mol. The van der Waals surface area contributed by atoms with Crippen LogP contribution in [0.2, 0.25) is 0 Å². The zero-order chi connectivity index (χ0) is 11.7. The normalized spacial score (nSPS) is 43.6. The molecule has 0 aromatic carbocycles. The summed E-state index contributed by atoms with van der Waals surface area (Å²) in [5.74, 6) is 0.839. The van der Waals surface area contributed by atoms with Crippen molar-refractivity contribution in [2.45, 2.75) is 57.2 Å². The lowest BCUT2D eigenvalue weighted by molar-refractivity contribution is -0.0605. The Bertz CT molecular complexity index is 259. The number of morpholine rings is 1. The maximum atomic E-state index is 5.89. The van der Waals surface area contributed by atoms with Crippen LogP contribution in [0.4, 0.5) is 0 Å². The molecule has 2 saturated heterocycles. The molecular weight excluding hydrogens is 212 g/mol. The molecule has 98 valence electrons. The highest BCUT2D eigenvalue weighted by molar-refractivity contribution is 4.92. The van der Waals surface area contributed by atoms with Gasteiger partial charge in [0.15, 0.2) is 0 Å². The van der Waals surface area contributed by atoms with E-state index in [1.807, 2.05) is 0 Å². The summed E-state index contributed by atoms with van der Waals surface area (Å²) in [6.45, 7) is 6.96. The molecule has 0 spiro atoms. The molecule has 3 fully saturated rings. The minimum atomic E-state index is 0.544. The van der Waals surface area contributed by atoms with Crippen molar-refractivity contribution in [3.63, 3.8) is 0 Å². The van der Waals surface area contributed by atoms with Crippen LogP contribution in [0.25, 0.3) is 0 Å². The van der Waals surface area contributed by atoms with E-state index in [0.717, 1.165) is 25.1 Å². The molecule has 3 heteroatoms. The SMILES string of the molecule is CC1CCCNC1CN1CCOC2CCCC21. The minimum absolute atomic E-state index is 0.544. The Morgan fingerprint density at radius 2 is 2.18 bits per heavy atom. The van der Waals surface area contributed by atoms with Crippen LogP contribution in [0.1, 0.15) is 39.0 Å². The van der Waals surface area contributed by atoms with Crippen molar-refractivity contribution in [2.75, 3.05) is 26.2 Å². The van der Waals surface area contributed by atoms with Gasteiger partial charge in [0.05, 0.1) is 12.7 Å². The van der Waals surface area contributed by atoms with E-state index in [1.165, 1.54) is 45.2 Å². The molecule has 0 bridgehead atoms. The van der Waals surface area contributed by atoms with E-state index in [0.29, 0.717) is 12.1 Å². The number of hydrogen-bond donors (Lipinski definition) is 1. The molecular formula is C14H26N2O. The van der Waals surface area contributed by atoms with Gasteiger partial charge in [-0.1, -0.05) is 6.92 Å². The van der Waals surface area contributed by atoms with Crippen molar-refractivity contribution in [3.05, 3.63) is 0 Å². The van der Waals surface area contributed by atoms with Gasteiger partial charge < -0.3 is 10.1 Å². The van der Waals surface area contributed by atoms with Gasteiger partial charge in [0.1, 0.15) is 0 Å². The van der Waals surface area contributed by atoms with Crippen molar-refractivity contribution in [3.8, 4) is 0 Å². The molecule has 2 aliphatic heterocycles. The van der Waals surface area contributed by atoms with Crippen molar-refractivity contribution in [1.29, 1.82) is 0 Å². The van der Waals surface area contributed by atoms with Gasteiger partial charge in [0.25, 0.3) is 0 Å². The number of ether oxygens (including phenoxy) is 1. The Hall–Kier alpha value is -0.120. The third-order valence-corrected chi connectivity index (χ3v) is 4.96. The summed E-state index contributed by atoms with van der Waals surface area (Å²) < 4.78 is 5.89. The van der Waals surface area contributed by atoms with Crippen molar-refractivity contribution in [1.82, 2.24) is 10.2 Å². The largest absolute Gasteiger partial charge is 0.375 e. The second-order valence-electron chi connectivity index (χ2n) is 6.08. The van der Waals surface area contributed by atoms with E-state index in [1.54, 1.807) is 0 Å². The van der Waals surface area contributed by atoms with E-state index in [2.05, 4.69) is 17.1 Å². The van der Waals surface area contributed by atoms with Crippen molar-refractivity contribution >= 4 is 0 Å². The summed E-state index contributed by atoms with van der Waals surface area (Å²) in [6.07, 6.45) is 7.30. The van der Waals surface area contributed by atoms with Crippen LogP contribution in [0, 0.1) is 5.92 Å². The fourth-order valence-electron chi connectivity index (χ4n) is 3.84. The summed E-state index contributed by atoms with van der Waals surface area (Å²) in [5.41, 5.74) is 0. The second kappa shape index (κ2) is 5.25. The van der Waals surface area contributed by atoms with Gasteiger partial charge in [-0.15, -0.1) is 0 Å². The van der Waals surface area contributed by atoms with Gasteiger partial charge in [-0.25, -0.2) is 0 Å². The molecule has 0 aromatic heterocycles. The predicted molar refractivity (Wildman–Crippen MR) is 69.1 cm³/mol. The highest BCUT2D eigenvalue weighted by Gasteiger charge is 2.37. The number of rotatable bonds is 2. The predicted octanol–water partition coefficient (Wildman–Crippen LogP) is 1.63. The van der Waals surface area contributed by atoms with Gasteiger partial charge in [-0.2, -0.15) is 0 Å². The van der Waals surface area contributed by atoms with Gasteiger partial charge >= 0.3 is 0 Å². The van der Waals surface area contributed by atoms with Gasteiger partial charge in [0, 0.05) is 25.2 Å². The Balaban J connectivity index is 1.59. The summed E-state index contributed by atoms with van der Waals surface area (Å²) in [4.78, 5) is 2.71. The number of piperidine rings is 1. The van der Waals surface area contributed by atoms with Crippen LogP contribution < -0.4 is 5.32 Å². The fraction of sp³-hybridized carbons (Fsp3) is 1.00. The Morgan fingerprint density at radius 1 is 1.24 bits per heavy atom. The molecule has 1 N–H and O–H groups in total. The lowest BCUT2D eigenvalue weighted by Crippen LogP contribution is -2.55. The minimum Gasteiger partial charge on any atom is -0.375 e. The lowest BCUT2D eigenvalue weighted by Gasteiger charge is -2.42. The Labute approximate surface area is 105 Å². The molecule has 0 aromatic rings. The molecule has 2 heterocycles. The zero-order valence-electron chi connectivity index (χ0n) is 11.0. The molecule has 3 rings (SSSR count). The van der Waals surface area contributed by atoms with Gasteiger partial charge in [-0.05, 0) is 44.6 Å². The highest BCUT2D eigenvalue weighted by atomic mass is 16.5. The van der Waals surface area contributed by atoms with E-state index < -0.39 is 0 Å². The fourth-order valence-corrected chi connectivity index (χ4v) is 3.84. The number of hydrogen-bond acceptors (Lipinski definition) is 3. The highest BCUT2D eigenvalue weighted by Crippen LogP contribution is 2.30. The van der Waals surface area contributed by atoms with E-state index >= 15 is 0 Å². The van der Waals surface area contributed by atoms with Crippen LogP contribution in [0.15, 0.2) is 0 Å². The quantitative estimate of drug-likeness (QED) is 0.791. The first-order valence-corrected chi connectivity index (χ1v) is 7.43. The van der Waals surface area contributed by atoms with Crippen LogP contribution in [0.3, 0.4) is 0 Å².